The second kappa shape index (κ2) is 9.14. The molecule has 0 saturated carbocycles. The van der Waals surface area contributed by atoms with Gasteiger partial charge in [0.05, 0.1) is 4.47 Å². The number of aryl methyl sites for hydroxylation is 1. The van der Waals surface area contributed by atoms with E-state index in [0.717, 1.165) is 18.4 Å². The van der Waals surface area contributed by atoms with Crippen LogP contribution in [0.5, 0.6) is 5.75 Å². The Labute approximate surface area is 142 Å². The third kappa shape index (κ3) is 6.27. The van der Waals surface area contributed by atoms with Crippen molar-refractivity contribution >= 4 is 33.8 Å². The Morgan fingerprint density at radius 3 is 2.65 bits per heavy atom. The van der Waals surface area contributed by atoms with Gasteiger partial charge in [0.1, 0.15) is 11.3 Å². The van der Waals surface area contributed by atoms with E-state index in [4.69, 9.17) is 4.74 Å². The number of carbonyl (C=O) groups excluding carboxylic acids is 3. The number of unbranched alkanes of at least 4 members (excludes halogenated alkanes) is 1. The number of nitrogens with one attached hydrogen (secondary N) is 2. The lowest BCUT2D eigenvalue weighted by atomic mass is 10.1. The van der Waals surface area contributed by atoms with Gasteiger partial charge in [-0.3, -0.25) is 10.1 Å². The van der Waals surface area contributed by atoms with Crippen molar-refractivity contribution in [2.24, 2.45) is 0 Å². The van der Waals surface area contributed by atoms with Crippen LogP contribution < -0.4 is 10.6 Å². The number of hydrogen-bond acceptors (Lipinski definition) is 5. The molecule has 0 aliphatic rings. The summed E-state index contributed by atoms with van der Waals surface area (Å²) in [5.41, 5.74) is 0.679. The Morgan fingerprint density at radius 1 is 1.30 bits per heavy atom. The summed E-state index contributed by atoms with van der Waals surface area (Å²) in [6.07, 6.45) is 1.72. The van der Waals surface area contributed by atoms with Crippen LogP contribution in [0.4, 0.5) is 4.79 Å². The molecule has 0 heterocycles. The lowest BCUT2D eigenvalue weighted by molar-refractivity contribution is -0.123. The molecule has 126 valence electrons. The van der Waals surface area contributed by atoms with E-state index in [0.29, 0.717) is 11.0 Å². The monoisotopic (exact) mass is 386 g/mol. The standard InChI is InChI=1S/C15H19BrN2O5/c1-3-4-5-17-15(22)18-12(19)8-23-14(21)10-6-9(2)7-11(16)13(10)20/h6-7,20H,3-5,8H2,1-2H3,(H2,17,18,19,22). The molecular formula is C15H19BrN2O5. The number of phenolic OH excluding ortho intramolecular Hbond substituents is 1. The van der Waals surface area contributed by atoms with E-state index in [-0.39, 0.29) is 11.3 Å². The fourth-order valence-electron chi connectivity index (χ4n) is 1.68. The van der Waals surface area contributed by atoms with E-state index >= 15 is 0 Å². The highest BCUT2D eigenvalue weighted by Gasteiger charge is 2.17. The summed E-state index contributed by atoms with van der Waals surface area (Å²) in [4.78, 5) is 34.8. The first-order valence-electron chi connectivity index (χ1n) is 7.09. The number of benzene rings is 1. The molecule has 0 aromatic heterocycles. The topological polar surface area (TPSA) is 105 Å². The fraction of sp³-hybridized carbons (Fsp3) is 0.400. The number of halogens is 1. The van der Waals surface area contributed by atoms with E-state index < -0.39 is 24.5 Å². The molecule has 0 unspecified atom stereocenters. The van der Waals surface area contributed by atoms with Crippen molar-refractivity contribution < 1.29 is 24.2 Å². The quantitative estimate of drug-likeness (QED) is 0.513. The molecule has 8 heteroatoms. The molecule has 23 heavy (non-hydrogen) atoms. The first-order chi connectivity index (χ1) is 10.8. The van der Waals surface area contributed by atoms with Crippen molar-refractivity contribution in [2.75, 3.05) is 13.2 Å². The van der Waals surface area contributed by atoms with Crippen molar-refractivity contribution in [2.45, 2.75) is 26.7 Å². The summed E-state index contributed by atoms with van der Waals surface area (Å²) < 4.78 is 5.15. The first kappa shape index (κ1) is 19.0. The van der Waals surface area contributed by atoms with Gasteiger partial charge >= 0.3 is 12.0 Å². The summed E-state index contributed by atoms with van der Waals surface area (Å²) in [6.45, 7) is 3.56. The Bertz CT molecular complexity index is 604. The highest BCUT2D eigenvalue weighted by atomic mass is 79.9. The third-order valence-electron chi connectivity index (χ3n) is 2.83. The highest BCUT2D eigenvalue weighted by Crippen LogP contribution is 2.29. The van der Waals surface area contributed by atoms with Crippen molar-refractivity contribution in [1.29, 1.82) is 0 Å². The highest BCUT2D eigenvalue weighted by molar-refractivity contribution is 9.10. The van der Waals surface area contributed by atoms with Crippen LogP contribution in [0.25, 0.3) is 0 Å². The third-order valence-corrected chi connectivity index (χ3v) is 3.44. The average Bonchev–Trinajstić information content (AvgIpc) is 2.48. The number of amides is 3. The molecule has 3 N–H and O–H groups in total. The number of carbonyl (C=O) groups is 3. The lowest BCUT2D eigenvalue weighted by Crippen LogP contribution is -2.41. The Hall–Kier alpha value is -2.09. The molecule has 0 aliphatic heterocycles. The van der Waals surface area contributed by atoms with Gasteiger partial charge < -0.3 is 15.2 Å². The van der Waals surface area contributed by atoms with Crippen molar-refractivity contribution in [3.8, 4) is 5.75 Å². The minimum Gasteiger partial charge on any atom is -0.506 e. The number of hydrogen-bond donors (Lipinski definition) is 3. The summed E-state index contributed by atoms with van der Waals surface area (Å²) in [7, 11) is 0. The smallest absolute Gasteiger partial charge is 0.342 e. The normalized spacial score (nSPS) is 10.0. The maximum absolute atomic E-state index is 11.9. The average molecular weight is 387 g/mol. The minimum atomic E-state index is -0.853. The zero-order valence-corrected chi connectivity index (χ0v) is 14.5. The number of phenols is 1. The molecule has 3 amide bonds. The second-order valence-corrected chi connectivity index (χ2v) is 5.73. The van der Waals surface area contributed by atoms with Gasteiger partial charge in [-0.1, -0.05) is 13.3 Å². The predicted molar refractivity (Wildman–Crippen MR) is 87.3 cm³/mol. The van der Waals surface area contributed by atoms with Crippen molar-refractivity contribution in [3.63, 3.8) is 0 Å². The van der Waals surface area contributed by atoms with E-state index in [2.05, 4.69) is 21.2 Å². The van der Waals surface area contributed by atoms with E-state index in [1.165, 1.54) is 6.07 Å². The van der Waals surface area contributed by atoms with Gasteiger partial charge in [-0.25, -0.2) is 9.59 Å². The lowest BCUT2D eigenvalue weighted by Gasteiger charge is -2.09. The molecule has 1 aromatic rings. The van der Waals surface area contributed by atoms with Crippen molar-refractivity contribution in [1.82, 2.24) is 10.6 Å². The maximum atomic E-state index is 11.9. The van der Waals surface area contributed by atoms with Gasteiger partial charge in [0.2, 0.25) is 0 Å². The molecule has 0 radical (unpaired) electrons. The molecule has 0 aliphatic carbocycles. The number of aromatic hydroxyl groups is 1. The van der Waals surface area contributed by atoms with Gasteiger partial charge in [0, 0.05) is 6.54 Å². The largest absolute Gasteiger partial charge is 0.506 e. The fourth-order valence-corrected chi connectivity index (χ4v) is 2.26. The molecular weight excluding hydrogens is 368 g/mol. The van der Waals surface area contributed by atoms with Crippen LogP contribution in [0, 0.1) is 6.92 Å². The number of rotatable bonds is 6. The predicted octanol–water partition coefficient (Wildman–Crippen LogP) is 2.25. The Morgan fingerprint density at radius 2 is 2.00 bits per heavy atom. The van der Waals surface area contributed by atoms with Crippen LogP contribution >= 0.6 is 15.9 Å². The SMILES string of the molecule is CCCCNC(=O)NC(=O)COC(=O)c1cc(C)cc(Br)c1O. The van der Waals surface area contributed by atoms with Crippen LogP contribution in [0.3, 0.4) is 0 Å². The summed E-state index contributed by atoms with van der Waals surface area (Å²) >= 11 is 3.12. The van der Waals surface area contributed by atoms with E-state index in [9.17, 15) is 19.5 Å². The molecule has 0 fully saturated rings. The van der Waals surface area contributed by atoms with Crippen LogP contribution in [0.1, 0.15) is 35.7 Å². The number of ether oxygens (including phenoxy) is 1. The first-order valence-corrected chi connectivity index (χ1v) is 7.88. The number of urea groups is 1. The number of imide groups is 1. The summed E-state index contributed by atoms with van der Waals surface area (Å²) in [6, 6.07) is 2.44. The Kier molecular flexibility index (Phi) is 7.53. The van der Waals surface area contributed by atoms with Gasteiger partial charge in [0.25, 0.3) is 5.91 Å². The molecule has 7 nitrogen and oxygen atoms in total. The molecule has 0 atom stereocenters. The summed E-state index contributed by atoms with van der Waals surface area (Å²) in [5, 5.41) is 14.4. The second-order valence-electron chi connectivity index (χ2n) is 4.88. The Balaban J connectivity index is 2.50. The minimum absolute atomic E-state index is 0.0583. The maximum Gasteiger partial charge on any atom is 0.342 e. The van der Waals surface area contributed by atoms with Gasteiger partial charge in [-0.15, -0.1) is 0 Å². The van der Waals surface area contributed by atoms with Crippen molar-refractivity contribution in [3.05, 3.63) is 27.7 Å². The summed E-state index contributed by atoms with van der Waals surface area (Å²) in [5.74, 6) is -1.87. The van der Waals surface area contributed by atoms with Crippen LogP contribution in [-0.4, -0.2) is 36.2 Å². The zero-order valence-electron chi connectivity index (χ0n) is 12.9. The molecule has 1 rings (SSSR count). The van der Waals surface area contributed by atoms with Gasteiger partial charge in [0.15, 0.2) is 6.61 Å². The molecule has 0 spiro atoms. The van der Waals surface area contributed by atoms with Gasteiger partial charge in [-0.05, 0) is 47.0 Å². The zero-order chi connectivity index (χ0) is 17.4. The number of esters is 1. The molecule has 1 aromatic carbocycles. The molecule has 0 bridgehead atoms. The van der Waals surface area contributed by atoms with E-state index in [1.54, 1.807) is 13.0 Å². The molecule has 0 saturated heterocycles. The van der Waals surface area contributed by atoms with E-state index in [1.807, 2.05) is 12.2 Å². The van der Waals surface area contributed by atoms with Gasteiger partial charge in [-0.2, -0.15) is 0 Å². The van der Waals surface area contributed by atoms with Crippen LogP contribution in [0.2, 0.25) is 0 Å². The van der Waals surface area contributed by atoms with Crippen LogP contribution in [0.15, 0.2) is 16.6 Å². The van der Waals surface area contributed by atoms with Crippen LogP contribution in [-0.2, 0) is 9.53 Å².